The molecular weight excluding hydrogens is 383 g/mol. The highest BCUT2D eigenvalue weighted by Crippen LogP contribution is 2.36. The molecule has 27 heavy (non-hydrogen) atoms. The molecule has 5 nitrogen and oxygen atoms in total. The molecule has 1 unspecified atom stereocenters. The molecule has 0 spiro atoms. The second-order valence-electron chi connectivity index (χ2n) is 6.38. The van der Waals surface area contributed by atoms with E-state index in [0.717, 1.165) is 23.2 Å². The average Bonchev–Trinajstić information content (AvgIpc) is 2.83. The van der Waals surface area contributed by atoms with Crippen molar-refractivity contribution < 1.29 is 5.11 Å². The number of aliphatic hydroxyl groups is 1. The fourth-order valence-electron chi connectivity index (χ4n) is 3.38. The number of halogens is 2. The number of hydrogen-bond donors (Lipinski definition) is 1. The number of aliphatic hydroxyl groups excluding tert-OH is 1. The number of fused-ring (bicyclic) bond motifs is 3. The highest BCUT2D eigenvalue weighted by atomic mass is 35.5. The summed E-state index contributed by atoms with van der Waals surface area (Å²) in [6.07, 6.45) is 0.650. The van der Waals surface area contributed by atoms with Gasteiger partial charge in [0.25, 0.3) is 0 Å². The van der Waals surface area contributed by atoms with Crippen LogP contribution >= 0.6 is 23.2 Å². The van der Waals surface area contributed by atoms with Crippen molar-refractivity contribution in [2.45, 2.75) is 26.0 Å². The van der Waals surface area contributed by atoms with Gasteiger partial charge in [0.1, 0.15) is 0 Å². The Morgan fingerprint density at radius 2 is 1.85 bits per heavy atom. The number of amidine groups is 1. The molecule has 2 aliphatic rings. The van der Waals surface area contributed by atoms with Gasteiger partial charge < -0.3 is 5.11 Å². The summed E-state index contributed by atoms with van der Waals surface area (Å²) in [7, 11) is 0. The van der Waals surface area contributed by atoms with Crippen LogP contribution in [0.5, 0.6) is 0 Å². The van der Waals surface area contributed by atoms with Crippen molar-refractivity contribution in [1.82, 2.24) is 0 Å². The summed E-state index contributed by atoms with van der Waals surface area (Å²) in [6.45, 7) is 2.31. The third-order valence-electron chi connectivity index (χ3n) is 4.62. The number of benzene rings is 2. The highest BCUT2D eigenvalue weighted by molar-refractivity contribution is 6.40. The van der Waals surface area contributed by atoms with Crippen molar-refractivity contribution in [1.29, 1.82) is 0 Å². The smallest absolute Gasteiger partial charge is 0.173 e. The molecule has 0 fully saturated rings. The Kier molecular flexibility index (Phi) is 5.00. The molecular formula is C20H18Cl2N4O. The molecule has 0 aromatic heterocycles. The fourth-order valence-corrected chi connectivity index (χ4v) is 3.86. The third-order valence-corrected chi connectivity index (χ3v) is 5.26. The van der Waals surface area contributed by atoms with E-state index in [1.165, 1.54) is 0 Å². The third kappa shape index (κ3) is 3.16. The predicted molar refractivity (Wildman–Crippen MR) is 112 cm³/mol. The molecule has 2 heterocycles. The first-order valence-corrected chi connectivity index (χ1v) is 9.56. The quantitative estimate of drug-likeness (QED) is 0.821. The van der Waals surface area contributed by atoms with E-state index >= 15 is 0 Å². The maximum Gasteiger partial charge on any atom is 0.173 e. The Morgan fingerprint density at radius 3 is 2.63 bits per heavy atom. The molecule has 0 saturated heterocycles. The van der Waals surface area contributed by atoms with Gasteiger partial charge in [-0.2, -0.15) is 5.10 Å². The molecule has 1 N–H and O–H groups in total. The SMILES string of the molecule is CCCC1=NN=C2CN=C(c3ccccc3Cl)c3c(Cl)cccc3N2C1O. The summed E-state index contributed by atoms with van der Waals surface area (Å²) in [5.74, 6) is 0.577. The van der Waals surface area contributed by atoms with Gasteiger partial charge in [-0.25, -0.2) is 0 Å². The monoisotopic (exact) mass is 400 g/mol. The van der Waals surface area contributed by atoms with Gasteiger partial charge in [0.15, 0.2) is 12.1 Å². The van der Waals surface area contributed by atoms with Gasteiger partial charge in [-0.1, -0.05) is 60.8 Å². The maximum atomic E-state index is 11.0. The lowest BCUT2D eigenvalue weighted by molar-refractivity contribution is 0.245. The molecule has 1 atom stereocenters. The lowest BCUT2D eigenvalue weighted by Crippen LogP contribution is -2.48. The molecule has 2 aliphatic heterocycles. The van der Waals surface area contributed by atoms with Gasteiger partial charge in [0, 0.05) is 16.1 Å². The number of rotatable bonds is 3. The van der Waals surface area contributed by atoms with E-state index in [1.54, 1.807) is 4.90 Å². The number of aliphatic imine (C=N–C) groups is 1. The zero-order chi connectivity index (χ0) is 19.0. The van der Waals surface area contributed by atoms with Crippen LogP contribution < -0.4 is 4.90 Å². The van der Waals surface area contributed by atoms with Crippen molar-refractivity contribution in [3.63, 3.8) is 0 Å². The van der Waals surface area contributed by atoms with Crippen molar-refractivity contribution in [2.24, 2.45) is 15.2 Å². The Bertz CT molecular complexity index is 984. The first-order valence-electron chi connectivity index (χ1n) is 8.80. The maximum absolute atomic E-state index is 11.0. The number of anilines is 1. The number of hydrogen-bond acceptors (Lipinski definition) is 5. The van der Waals surface area contributed by atoms with Crippen LogP contribution in [0, 0.1) is 0 Å². The predicted octanol–water partition coefficient (Wildman–Crippen LogP) is 4.54. The van der Waals surface area contributed by atoms with Crippen LogP contribution in [0.4, 0.5) is 5.69 Å². The molecule has 138 valence electrons. The van der Waals surface area contributed by atoms with Gasteiger partial charge in [0.2, 0.25) is 0 Å². The Hall–Kier alpha value is -2.21. The van der Waals surface area contributed by atoms with E-state index in [2.05, 4.69) is 10.2 Å². The lowest BCUT2D eigenvalue weighted by atomic mass is 9.99. The van der Waals surface area contributed by atoms with E-state index in [-0.39, 0.29) is 6.54 Å². The van der Waals surface area contributed by atoms with Crippen molar-refractivity contribution in [2.75, 3.05) is 11.4 Å². The van der Waals surface area contributed by atoms with Gasteiger partial charge >= 0.3 is 0 Å². The molecule has 0 amide bonds. The lowest BCUT2D eigenvalue weighted by Gasteiger charge is -2.33. The molecule has 0 radical (unpaired) electrons. The van der Waals surface area contributed by atoms with Gasteiger partial charge in [-0.05, 0) is 24.6 Å². The fraction of sp³-hybridized carbons (Fsp3) is 0.250. The standard InChI is InChI=1S/C20H18Cl2N4O/c1-2-6-15-20(27)26-16-10-5-9-14(22)18(16)19(23-11-17(26)25-24-15)12-7-3-4-8-13(12)21/h3-5,7-10,20,27H,2,6,11H2,1H3. The molecule has 0 saturated carbocycles. The van der Waals surface area contributed by atoms with Crippen molar-refractivity contribution in [3.05, 3.63) is 63.6 Å². The van der Waals surface area contributed by atoms with Crippen LogP contribution in [0.15, 0.2) is 57.7 Å². The molecule has 7 heteroatoms. The van der Waals surface area contributed by atoms with Crippen molar-refractivity contribution in [3.8, 4) is 0 Å². The zero-order valence-electron chi connectivity index (χ0n) is 14.7. The summed E-state index contributed by atoms with van der Waals surface area (Å²) in [5, 5.41) is 20.6. The van der Waals surface area contributed by atoms with E-state index < -0.39 is 6.23 Å². The van der Waals surface area contributed by atoms with E-state index in [4.69, 9.17) is 28.2 Å². The zero-order valence-corrected chi connectivity index (χ0v) is 16.2. The van der Waals surface area contributed by atoms with E-state index in [0.29, 0.717) is 33.7 Å². The minimum absolute atomic E-state index is 0.269. The van der Waals surface area contributed by atoms with Crippen molar-refractivity contribution >= 4 is 46.1 Å². The summed E-state index contributed by atoms with van der Waals surface area (Å²) in [5.41, 5.74) is 3.58. The normalized spacial score (nSPS) is 18.7. The van der Waals surface area contributed by atoms with Gasteiger partial charge in [-0.15, -0.1) is 5.10 Å². The second-order valence-corrected chi connectivity index (χ2v) is 7.19. The first kappa shape index (κ1) is 18.2. The van der Waals surface area contributed by atoms with Crippen LogP contribution in [0.2, 0.25) is 10.0 Å². The molecule has 0 bridgehead atoms. The van der Waals surface area contributed by atoms with Crippen LogP contribution in [0.1, 0.15) is 30.9 Å². The molecule has 2 aromatic carbocycles. The van der Waals surface area contributed by atoms with E-state index in [1.807, 2.05) is 49.4 Å². The summed E-state index contributed by atoms with van der Waals surface area (Å²) in [4.78, 5) is 6.51. The second kappa shape index (κ2) is 7.43. The summed E-state index contributed by atoms with van der Waals surface area (Å²) in [6, 6.07) is 13.1. The minimum atomic E-state index is -0.893. The topological polar surface area (TPSA) is 60.5 Å². The van der Waals surface area contributed by atoms with Gasteiger partial charge in [-0.3, -0.25) is 9.89 Å². The highest BCUT2D eigenvalue weighted by Gasteiger charge is 2.34. The first-order chi connectivity index (χ1) is 13.1. The summed E-state index contributed by atoms with van der Waals surface area (Å²) >= 11 is 13.0. The Labute approximate surface area is 167 Å². The average molecular weight is 401 g/mol. The number of nitrogens with zero attached hydrogens (tertiary/aromatic N) is 4. The summed E-state index contributed by atoms with van der Waals surface area (Å²) < 4.78 is 0. The Balaban J connectivity index is 1.92. The minimum Gasteiger partial charge on any atom is -0.368 e. The Morgan fingerprint density at radius 1 is 1.07 bits per heavy atom. The van der Waals surface area contributed by atoms with Gasteiger partial charge in [0.05, 0.1) is 28.7 Å². The van der Waals surface area contributed by atoms with Crippen LogP contribution in [-0.4, -0.2) is 35.1 Å². The van der Waals surface area contributed by atoms with Crippen LogP contribution in [0.25, 0.3) is 0 Å². The van der Waals surface area contributed by atoms with E-state index in [9.17, 15) is 5.11 Å². The molecule has 4 rings (SSSR count). The van der Waals surface area contributed by atoms with Crippen LogP contribution in [0.3, 0.4) is 0 Å². The molecule has 0 aliphatic carbocycles. The largest absolute Gasteiger partial charge is 0.368 e. The molecule has 2 aromatic rings. The van der Waals surface area contributed by atoms with Crippen LogP contribution in [-0.2, 0) is 0 Å².